The highest BCUT2D eigenvalue weighted by atomic mass is 127. The van der Waals surface area contributed by atoms with E-state index in [-0.39, 0.29) is 29.9 Å². The molecule has 0 saturated carbocycles. The van der Waals surface area contributed by atoms with E-state index in [4.69, 9.17) is 0 Å². The van der Waals surface area contributed by atoms with Crippen molar-refractivity contribution in [1.29, 1.82) is 0 Å². The average molecular weight is 489 g/mol. The summed E-state index contributed by atoms with van der Waals surface area (Å²) in [6.07, 6.45) is 2.31. The molecular formula is C20H36IN5O. The lowest BCUT2D eigenvalue weighted by molar-refractivity contribution is 0.0827. The van der Waals surface area contributed by atoms with Crippen LogP contribution in [-0.2, 0) is 6.54 Å². The van der Waals surface area contributed by atoms with Crippen molar-refractivity contribution in [2.75, 3.05) is 47.3 Å². The van der Waals surface area contributed by atoms with Gasteiger partial charge in [-0.3, -0.25) is 9.79 Å². The van der Waals surface area contributed by atoms with E-state index in [1.807, 2.05) is 24.3 Å². The predicted octanol–water partition coefficient (Wildman–Crippen LogP) is 2.79. The molecular weight excluding hydrogens is 453 g/mol. The Labute approximate surface area is 181 Å². The van der Waals surface area contributed by atoms with Gasteiger partial charge in [0.1, 0.15) is 0 Å². The van der Waals surface area contributed by atoms with Gasteiger partial charge in [0.25, 0.3) is 5.91 Å². The molecule has 0 atom stereocenters. The van der Waals surface area contributed by atoms with Crippen molar-refractivity contribution >= 4 is 35.8 Å². The first-order chi connectivity index (χ1) is 12.5. The fourth-order valence-electron chi connectivity index (χ4n) is 2.64. The topological polar surface area (TPSA) is 60.0 Å². The van der Waals surface area contributed by atoms with E-state index < -0.39 is 0 Å². The number of hydrogen-bond acceptors (Lipinski definition) is 3. The molecule has 0 aromatic heterocycles. The minimum atomic E-state index is 0. The first kappa shape index (κ1) is 25.6. The normalized spacial score (nSPS) is 11.1. The van der Waals surface area contributed by atoms with Crippen LogP contribution in [-0.4, -0.2) is 69.0 Å². The van der Waals surface area contributed by atoms with E-state index in [1.54, 1.807) is 26.0 Å². The van der Waals surface area contributed by atoms with Crippen LogP contribution >= 0.6 is 24.0 Å². The average Bonchev–Trinajstić information content (AvgIpc) is 2.66. The number of aliphatic imine (C=N–C) groups is 1. The van der Waals surface area contributed by atoms with Gasteiger partial charge in [0, 0.05) is 39.8 Å². The zero-order valence-corrected chi connectivity index (χ0v) is 19.7. The molecule has 1 aromatic rings. The zero-order chi connectivity index (χ0) is 19.4. The number of hydrogen-bond donors (Lipinski definition) is 2. The molecule has 6 nitrogen and oxygen atoms in total. The lowest BCUT2D eigenvalue weighted by Crippen LogP contribution is -2.37. The summed E-state index contributed by atoms with van der Waals surface area (Å²) in [4.78, 5) is 20.2. The SMILES string of the molecule is CCN(CC)CCCCNC(=NC)NCc1ccc(C(=O)N(C)C)cc1.I. The van der Waals surface area contributed by atoms with Gasteiger partial charge < -0.3 is 20.4 Å². The number of halogens is 1. The summed E-state index contributed by atoms with van der Waals surface area (Å²) in [5.41, 5.74) is 1.82. The molecule has 0 spiro atoms. The predicted molar refractivity (Wildman–Crippen MR) is 125 cm³/mol. The van der Waals surface area contributed by atoms with E-state index >= 15 is 0 Å². The molecule has 1 rings (SSSR count). The molecule has 0 aliphatic carbocycles. The summed E-state index contributed by atoms with van der Waals surface area (Å²) >= 11 is 0. The number of nitrogens with one attached hydrogen (secondary N) is 2. The van der Waals surface area contributed by atoms with Crippen molar-refractivity contribution in [2.45, 2.75) is 33.2 Å². The van der Waals surface area contributed by atoms with Crippen LogP contribution in [0.4, 0.5) is 0 Å². The highest BCUT2D eigenvalue weighted by molar-refractivity contribution is 14.0. The molecule has 0 radical (unpaired) electrons. The first-order valence-corrected chi connectivity index (χ1v) is 9.49. The number of carbonyl (C=O) groups excluding carboxylic acids is 1. The number of benzene rings is 1. The summed E-state index contributed by atoms with van der Waals surface area (Å²) in [6, 6.07) is 7.67. The van der Waals surface area contributed by atoms with Gasteiger partial charge in [-0.25, -0.2) is 0 Å². The first-order valence-electron chi connectivity index (χ1n) is 9.49. The highest BCUT2D eigenvalue weighted by Gasteiger charge is 2.07. The van der Waals surface area contributed by atoms with E-state index in [1.165, 1.54) is 6.42 Å². The number of unbranched alkanes of at least 4 members (excludes halogenated alkanes) is 1. The molecule has 154 valence electrons. The van der Waals surface area contributed by atoms with Gasteiger partial charge in [-0.15, -0.1) is 24.0 Å². The molecule has 1 amide bonds. The third-order valence-electron chi connectivity index (χ3n) is 4.38. The third-order valence-corrected chi connectivity index (χ3v) is 4.38. The number of nitrogens with zero attached hydrogens (tertiary/aromatic N) is 3. The van der Waals surface area contributed by atoms with Crippen molar-refractivity contribution in [2.24, 2.45) is 4.99 Å². The Morgan fingerprint density at radius 2 is 1.67 bits per heavy atom. The maximum absolute atomic E-state index is 11.9. The van der Waals surface area contributed by atoms with Gasteiger partial charge in [-0.05, 0) is 50.2 Å². The van der Waals surface area contributed by atoms with Crippen molar-refractivity contribution < 1.29 is 4.79 Å². The number of carbonyl (C=O) groups is 1. The zero-order valence-electron chi connectivity index (χ0n) is 17.4. The second kappa shape index (κ2) is 14.7. The van der Waals surface area contributed by atoms with Crippen molar-refractivity contribution in [3.8, 4) is 0 Å². The van der Waals surface area contributed by atoms with Crippen LogP contribution in [0, 0.1) is 0 Å². The Bertz CT molecular complexity index is 556. The van der Waals surface area contributed by atoms with Crippen molar-refractivity contribution in [3.05, 3.63) is 35.4 Å². The minimum Gasteiger partial charge on any atom is -0.356 e. The summed E-state index contributed by atoms with van der Waals surface area (Å²) < 4.78 is 0. The van der Waals surface area contributed by atoms with Gasteiger partial charge >= 0.3 is 0 Å². The lowest BCUT2D eigenvalue weighted by atomic mass is 10.1. The Morgan fingerprint density at radius 3 is 2.19 bits per heavy atom. The largest absolute Gasteiger partial charge is 0.356 e. The number of rotatable bonds is 10. The highest BCUT2D eigenvalue weighted by Crippen LogP contribution is 2.06. The van der Waals surface area contributed by atoms with Crippen molar-refractivity contribution in [3.63, 3.8) is 0 Å². The van der Waals surface area contributed by atoms with E-state index in [9.17, 15) is 4.79 Å². The lowest BCUT2D eigenvalue weighted by Gasteiger charge is -2.18. The van der Waals surface area contributed by atoms with Gasteiger partial charge in [0.15, 0.2) is 5.96 Å². The van der Waals surface area contributed by atoms with E-state index in [0.29, 0.717) is 12.1 Å². The van der Waals surface area contributed by atoms with Crippen LogP contribution in [0.2, 0.25) is 0 Å². The maximum atomic E-state index is 11.9. The molecule has 7 heteroatoms. The molecule has 0 fully saturated rings. The van der Waals surface area contributed by atoms with Crippen LogP contribution in [0.3, 0.4) is 0 Å². The van der Waals surface area contributed by atoms with Crippen LogP contribution in [0.1, 0.15) is 42.6 Å². The van der Waals surface area contributed by atoms with E-state index in [0.717, 1.165) is 44.1 Å². The standard InChI is InChI=1S/C20H35N5O.HI/c1-6-25(7-2)15-9-8-14-22-20(21-3)23-16-17-10-12-18(13-11-17)19(26)24(4)5;/h10-13H,6-9,14-16H2,1-5H3,(H2,21,22,23);1H. The molecule has 0 heterocycles. The van der Waals surface area contributed by atoms with E-state index in [2.05, 4.69) is 34.4 Å². The van der Waals surface area contributed by atoms with Gasteiger partial charge in [0.05, 0.1) is 0 Å². The Hall–Kier alpha value is -1.35. The molecule has 0 aliphatic rings. The quantitative estimate of drug-likeness (QED) is 0.230. The van der Waals surface area contributed by atoms with Gasteiger partial charge in [-0.1, -0.05) is 26.0 Å². The number of guanidine groups is 1. The van der Waals surface area contributed by atoms with Gasteiger partial charge in [-0.2, -0.15) is 0 Å². The van der Waals surface area contributed by atoms with Crippen LogP contribution in [0.5, 0.6) is 0 Å². The van der Waals surface area contributed by atoms with Crippen LogP contribution in [0.15, 0.2) is 29.3 Å². The summed E-state index contributed by atoms with van der Waals surface area (Å²) in [5, 5.41) is 6.67. The molecule has 0 aliphatic heterocycles. The van der Waals surface area contributed by atoms with Crippen LogP contribution in [0.25, 0.3) is 0 Å². The van der Waals surface area contributed by atoms with Crippen LogP contribution < -0.4 is 10.6 Å². The summed E-state index contributed by atoms with van der Waals surface area (Å²) in [6.45, 7) is 9.39. The molecule has 27 heavy (non-hydrogen) atoms. The van der Waals surface area contributed by atoms with Gasteiger partial charge in [0.2, 0.25) is 0 Å². The summed E-state index contributed by atoms with van der Waals surface area (Å²) in [5.74, 6) is 0.827. The Kier molecular flexibility index (Phi) is 13.9. The molecule has 2 N–H and O–H groups in total. The summed E-state index contributed by atoms with van der Waals surface area (Å²) in [7, 11) is 5.30. The molecule has 0 unspecified atom stereocenters. The monoisotopic (exact) mass is 489 g/mol. The maximum Gasteiger partial charge on any atom is 0.253 e. The third kappa shape index (κ3) is 9.95. The van der Waals surface area contributed by atoms with Crippen molar-refractivity contribution in [1.82, 2.24) is 20.4 Å². The Morgan fingerprint density at radius 1 is 1.04 bits per heavy atom. The Balaban J connectivity index is 0.00000676. The fourth-order valence-corrected chi connectivity index (χ4v) is 2.64. The molecule has 0 bridgehead atoms. The minimum absolute atomic E-state index is 0. The smallest absolute Gasteiger partial charge is 0.253 e. The fraction of sp³-hybridized carbons (Fsp3) is 0.600. The second-order valence-electron chi connectivity index (χ2n) is 6.48. The number of amides is 1. The second-order valence-corrected chi connectivity index (χ2v) is 6.48. The molecule has 0 saturated heterocycles. The molecule has 1 aromatic carbocycles.